The Morgan fingerprint density at radius 2 is 2.17 bits per heavy atom. The molecule has 0 aliphatic carbocycles. The second kappa shape index (κ2) is 3.34. The molecular weight excluding hydrogens is 156 g/mol. The highest BCUT2D eigenvalue weighted by molar-refractivity contribution is 5.65. The van der Waals surface area contributed by atoms with Gasteiger partial charge in [0.2, 0.25) is 0 Å². The van der Waals surface area contributed by atoms with Crippen molar-refractivity contribution in [2.75, 3.05) is 18.6 Å². The number of nitrogens with zero attached hydrogens (tertiary/aromatic N) is 2. The van der Waals surface area contributed by atoms with Crippen molar-refractivity contribution in [3.8, 4) is 5.88 Å². The highest BCUT2D eigenvalue weighted by atomic mass is 16.5. The third-order valence-corrected chi connectivity index (χ3v) is 1.62. The van der Waals surface area contributed by atoms with Gasteiger partial charge in [-0.25, -0.2) is 4.68 Å². The highest BCUT2D eigenvalue weighted by Gasteiger charge is 2.11. The van der Waals surface area contributed by atoms with E-state index in [4.69, 9.17) is 16.2 Å². The number of methoxy groups -OCH3 is 1. The summed E-state index contributed by atoms with van der Waals surface area (Å²) >= 11 is 0. The first-order valence-corrected chi connectivity index (χ1v) is 3.86. The van der Waals surface area contributed by atoms with Crippen LogP contribution in [0.2, 0.25) is 0 Å². The minimum atomic E-state index is 0.404. The number of nitrogen functional groups attached to an aromatic ring is 2. The van der Waals surface area contributed by atoms with E-state index in [9.17, 15) is 0 Å². The van der Waals surface area contributed by atoms with Gasteiger partial charge < -0.3 is 16.2 Å². The van der Waals surface area contributed by atoms with Crippen LogP contribution in [0.25, 0.3) is 0 Å². The number of nitrogens with two attached hydrogens (primary N) is 2. The summed E-state index contributed by atoms with van der Waals surface area (Å²) in [6.07, 6.45) is 0.967. The molecule has 4 N–H and O–H groups in total. The number of aryl methyl sites for hydroxylation is 1. The molecule has 0 fully saturated rings. The molecule has 0 aliphatic rings. The molecule has 1 rings (SSSR count). The van der Waals surface area contributed by atoms with Crippen LogP contribution in [0.4, 0.5) is 11.5 Å². The number of anilines is 2. The average molecular weight is 170 g/mol. The second-order valence-corrected chi connectivity index (χ2v) is 2.53. The maximum atomic E-state index is 5.66. The predicted octanol–water partition coefficient (Wildman–Crippen LogP) is 0.466. The minimum absolute atomic E-state index is 0.404. The molecule has 1 heterocycles. The number of rotatable bonds is 3. The van der Waals surface area contributed by atoms with Crippen molar-refractivity contribution in [1.29, 1.82) is 0 Å². The van der Waals surface area contributed by atoms with Crippen LogP contribution >= 0.6 is 0 Å². The fourth-order valence-corrected chi connectivity index (χ4v) is 0.999. The van der Waals surface area contributed by atoms with Crippen molar-refractivity contribution < 1.29 is 4.74 Å². The molecule has 0 spiro atoms. The van der Waals surface area contributed by atoms with Crippen LogP contribution in [0.15, 0.2) is 0 Å². The SMILES string of the molecule is CCCn1nc(OC)c(N)c1N. The van der Waals surface area contributed by atoms with E-state index in [1.807, 2.05) is 6.92 Å². The molecule has 0 amide bonds. The summed E-state index contributed by atoms with van der Waals surface area (Å²) in [5.74, 6) is 0.884. The maximum Gasteiger partial charge on any atom is 0.258 e. The van der Waals surface area contributed by atoms with Crippen LogP contribution in [-0.2, 0) is 6.54 Å². The molecule has 0 atom stereocenters. The number of hydrogen-bond acceptors (Lipinski definition) is 4. The van der Waals surface area contributed by atoms with Gasteiger partial charge in [-0.3, -0.25) is 0 Å². The van der Waals surface area contributed by atoms with Gasteiger partial charge in [-0.1, -0.05) is 6.92 Å². The predicted molar refractivity (Wildman–Crippen MR) is 47.9 cm³/mol. The highest BCUT2D eigenvalue weighted by Crippen LogP contribution is 2.25. The molecule has 1 aromatic heterocycles. The zero-order valence-electron chi connectivity index (χ0n) is 7.37. The van der Waals surface area contributed by atoms with E-state index in [2.05, 4.69) is 5.10 Å². The van der Waals surface area contributed by atoms with Crippen molar-refractivity contribution in [2.45, 2.75) is 19.9 Å². The summed E-state index contributed by atoms with van der Waals surface area (Å²) in [5, 5.41) is 4.06. The van der Waals surface area contributed by atoms with Crippen LogP contribution in [-0.4, -0.2) is 16.9 Å². The van der Waals surface area contributed by atoms with Gasteiger partial charge in [-0.05, 0) is 6.42 Å². The van der Waals surface area contributed by atoms with Gasteiger partial charge in [-0.15, -0.1) is 5.10 Å². The fraction of sp³-hybridized carbons (Fsp3) is 0.571. The normalized spacial score (nSPS) is 10.2. The lowest BCUT2D eigenvalue weighted by Gasteiger charge is -1.98. The second-order valence-electron chi connectivity index (χ2n) is 2.53. The third-order valence-electron chi connectivity index (χ3n) is 1.62. The maximum absolute atomic E-state index is 5.66. The lowest BCUT2D eigenvalue weighted by atomic mass is 10.4. The smallest absolute Gasteiger partial charge is 0.258 e. The first-order chi connectivity index (χ1) is 5.70. The largest absolute Gasteiger partial charge is 0.478 e. The summed E-state index contributed by atoms with van der Waals surface area (Å²) in [7, 11) is 1.52. The Bertz CT molecular complexity index is 269. The summed E-state index contributed by atoms with van der Waals surface area (Å²) in [5.41, 5.74) is 11.7. The Morgan fingerprint density at radius 1 is 1.50 bits per heavy atom. The van der Waals surface area contributed by atoms with Crippen LogP contribution in [0.3, 0.4) is 0 Å². The van der Waals surface area contributed by atoms with E-state index < -0.39 is 0 Å². The topological polar surface area (TPSA) is 79.1 Å². The Hall–Kier alpha value is -1.39. The van der Waals surface area contributed by atoms with E-state index >= 15 is 0 Å². The Balaban J connectivity index is 2.98. The van der Waals surface area contributed by atoms with Crippen molar-refractivity contribution in [1.82, 2.24) is 9.78 Å². The summed E-state index contributed by atoms with van der Waals surface area (Å²) in [6, 6.07) is 0. The van der Waals surface area contributed by atoms with Gasteiger partial charge in [0, 0.05) is 6.54 Å². The van der Waals surface area contributed by atoms with Crippen molar-refractivity contribution in [3.05, 3.63) is 0 Å². The zero-order chi connectivity index (χ0) is 9.14. The summed E-state index contributed by atoms with van der Waals surface area (Å²) in [4.78, 5) is 0. The Labute approximate surface area is 71.3 Å². The molecule has 0 saturated heterocycles. The van der Waals surface area contributed by atoms with Gasteiger partial charge in [0.25, 0.3) is 5.88 Å². The molecule has 0 bridgehead atoms. The van der Waals surface area contributed by atoms with E-state index in [0.717, 1.165) is 13.0 Å². The zero-order valence-corrected chi connectivity index (χ0v) is 7.37. The van der Waals surface area contributed by atoms with Crippen molar-refractivity contribution in [2.24, 2.45) is 0 Å². The molecule has 1 aromatic rings. The van der Waals surface area contributed by atoms with Crippen LogP contribution in [0, 0.1) is 0 Å². The molecule has 5 heteroatoms. The molecule has 0 aliphatic heterocycles. The molecule has 5 nitrogen and oxygen atoms in total. The van der Waals surface area contributed by atoms with Gasteiger partial charge >= 0.3 is 0 Å². The van der Waals surface area contributed by atoms with Gasteiger partial charge in [0.15, 0.2) is 0 Å². The Morgan fingerprint density at radius 3 is 2.58 bits per heavy atom. The summed E-state index contributed by atoms with van der Waals surface area (Å²) in [6.45, 7) is 2.81. The molecule has 0 unspecified atom stereocenters. The lowest BCUT2D eigenvalue weighted by molar-refractivity contribution is 0.389. The molecule has 0 radical (unpaired) electrons. The lowest BCUT2D eigenvalue weighted by Crippen LogP contribution is -2.04. The van der Waals surface area contributed by atoms with Crippen LogP contribution in [0.5, 0.6) is 5.88 Å². The van der Waals surface area contributed by atoms with E-state index in [1.54, 1.807) is 4.68 Å². The summed E-state index contributed by atoms with van der Waals surface area (Å²) < 4.78 is 6.56. The van der Waals surface area contributed by atoms with Crippen molar-refractivity contribution >= 4 is 11.5 Å². The number of hydrogen-bond donors (Lipinski definition) is 2. The van der Waals surface area contributed by atoms with E-state index in [-0.39, 0.29) is 0 Å². The number of aromatic nitrogens is 2. The third kappa shape index (κ3) is 1.30. The quantitative estimate of drug-likeness (QED) is 0.691. The van der Waals surface area contributed by atoms with Crippen LogP contribution in [0.1, 0.15) is 13.3 Å². The molecule has 12 heavy (non-hydrogen) atoms. The standard InChI is InChI=1S/C7H14N4O/c1-3-4-11-6(9)5(8)7(10-11)12-2/h3-4,8-9H2,1-2H3. The fourth-order valence-electron chi connectivity index (χ4n) is 0.999. The minimum Gasteiger partial charge on any atom is -0.478 e. The average Bonchev–Trinajstić information content (AvgIpc) is 2.33. The van der Waals surface area contributed by atoms with Gasteiger partial charge in [0.1, 0.15) is 11.5 Å². The van der Waals surface area contributed by atoms with Gasteiger partial charge in [0.05, 0.1) is 7.11 Å². The van der Waals surface area contributed by atoms with E-state index in [1.165, 1.54) is 7.11 Å². The van der Waals surface area contributed by atoms with Crippen LogP contribution < -0.4 is 16.2 Å². The molecule has 0 aromatic carbocycles. The Kier molecular flexibility index (Phi) is 2.42. The van der Waals surface area contributed by atoms with E-state index in [0.29, 0.717) is 17.4 Å². The molecule has 0 saturated carbocycles. The monoisotopic (exact) mass is 170 g/mol. The first-order valence-electron chi connectivity index (χ1n) is 3.86. The molecule has 68 valence electrons. The van der Waals surface area contributed by atoms with Crippen molar-refractivity contribution in [3.63, 3.8) is 0 Å². The van der Waals surface area contributed by atoms with Gasteiger partial charge in [-0.2, -0.15) is 0 Å². The number of ether oxygens (including phenoxy) is 1. The first kappa shape index (κ1) is 8.70. The molecular formula is C7H14N4O.